The van der Waals surface area contributed by atoms with Crippen molar-refractivity contribution < 1.29 is 13.9 Å². The summed E-state index contributed by atoms with van der Waals surface area (Å²) in [4.78, 5) is 17.8. The molecule has 1 aliphatic heterocycles. The average molecular weight is 301 g/mol. The van der Waals surface area contributed by atoms with Crippen LogP contribution >= 0.6 is 0 Å². The van der Waals surface area contributed by atoms with Crippen LogP contribution in [-0.4, -0.2) is 29.9 Å². The third kappa shape index (κ3) is 1.98. The lowest BCUT2D eigenvalue weighted by molar-refractivity contribution is 0.179. The Morgan fingerprint density at radius 1 is 1.41 bits per heavy atom. The smallest absolute Gasteiger partial charge is 0.414 e. The number of carbonyl (C=O) groups is 1. The highest BCUT2D eigenvalue weighted by atomic mass is 19.1. The lowest BCUT2D eigenvalue weighted by Gasteiger charge is -2.19. The fraction of sp³-hybridized carbons (Fsp3) is 0.375. The maximum absolute atomic E-state index is 13.2. The molecule has 2 fully saturated rings. The SMILES string of the molecule is CC1COC(=O)N1c1cc(N)c2cnc(C3CC3F)cc2c1. The van der Waals surface area contributed by atoms with Gasteiger partial charge in [0.2, 0.25) is 0 Å². The standard InChI is InChI=1S/C16H16FN3O2/c1-8-7-22-16(21)20(8)10-2-9-3-15(11-5-13(11)17)19-6-12(9)14(18)4-10/h2-4,6,8,11,13H,5,7,18H2,1H3. The van der Waals surface area contributed by atoms with Gasteiger partial charge in [-0.1, -0.05) is 0 Å². The van der Waals surface area contributed by atoms with Gasteiger partial charge in [0.05, 0.1) is 11.7 Å². The molecule has 1 amide bonds. The number of benzene rings is 1. The van der Waals surface area contributed by atoms with Crippen molar-refractivity contribution in [2.24, 2.45) is 0 Å². The number of carbonyl (C=O) groups excluding carboxylic acids is 1. The van der Waals surface area contributed by atoms with Crippen LogP contribution in [0.15, 0.2) is 24.4 Å². The fourth-order valence-corrected chi connectivity index (χ4v) is 2.97. The molecule has 0 bridgehead atoms. The molecule has 0 spiro atoms. The van der Waals surface area contributed by atoms with Gasteiger partial charge in [0.25, 0.3) is 0 Å². The molecule has 1 saturated heterocycles. The van der Waals surface area contributed by atoms with Gasteiger partial charge in [0.1, 0.15) is 12.8 Å². The van der Waals surface area contributed by atoms with Gasteiger partial charge in [-0.15, -0.1) is 0 Å². The van der Waals surface area contributed by atoms with Crippen molar-refractivity contribution in [2.75, 3.05) is 17.2 Å². The Labute approximate surface area is 126 Å². The molecule has 2 aromatic rings. The molecule has 6 heteroatoms. The van der Waals surface area contributed by atoms with Crippen molar-refractivity contribution >= 4 is 28.2 Å². The predicted octanol–water partition coefficient (Wildman–Crippen LogP) is 2.99. The number of rotatable bonds is 2. The van der Waals surface area contributed by atoms with Gasteiger partial charge < -0.3 is 10.5 Å². The summed E-state index contributed by atoms with van der Waals surface area (Å²) < 4.78 is 18.3. The van der Waals surface area contributed by atoms with Crippen molar-refractivity contribution in [1.29, 1.82) is 0 Å². The zero-order chi connectivity index (χ0) is 15.4. The zero-order valence-electron chi connectivity index (χ0n) is 12.1. The molecular weight excluding hydrogens is 285 g/mol. The van der Waals surface area contributed by atoms with Gasteiger partial charge >= 0.3 is 6.09 Å². The maximum Gasteiger partial charge on any atom is 0.414 e. The molecule has 2 heterocycles. The van der Waals surface area contributed by atoms with Crippen LogP contribution in [0.2, 0.25) is 0 Å². The number of halogens is 1. The minimum absolute atomic E-state index is 0.0377. The molecule has 1 aromatic carbocycles. The Bertz CT molecular complexity index is 779. The number of pyridine rings is 1. The lowest BCUT2D eigenvalue weighted by atomic mass is 10.1. The third-order valence-corrected chi connectivity index (χ3v) is 4.33. The Morgan fingerprint density at radius 2 is 2.18 bits per heavy atom. The van der Waals surface area contributed by atoms with Gasteiger partial charge in [0, 0.05) is 28.9 Å². The molecule has 1 aliphatic carbocycles. The summed E-state index contributed by atoms with van der Waals surface area (Å²) in [7, 11) is 0. The Kier molecular flexibility index (Phi) is 2.76. The number of ether oxygens (including phenoxy) is 1. The second kappa shape index (κ2) is 4.56. The molecule has 3 unspecified atom stereocenters. The quantitative estimate of drug-likeness (QED) is 0.866. The highest BCUT2D eigenvalue weighted by molar-refractivity contribution is 5.99. The van der Waals surface area contributed by atoms with E-state index < -0.39 is 6.17 Å². The molecular formula is C16H16FN3O2. The molecule has 2 N–H and O–H groups in total. The van der Waals surface area contributed by atoms with E-state index in [1.165, 1.54) is 0 Å². The summed E-state index contributed by atoms with van der Waals surface area (Å²) in [6, 6.07) is 5.47. The Hall–Kier alpha value is -2.37. The van der Waals surface area contributed by atoms with E-state index in [4.69, 9.17) is 10.5 Å². The van der Waals surface area contributed by atoms with Crippen LogP contribution < -0.4 is 10.6 Å². The largest absolute Gasteiger partial charge is 0.447 e. The number of fused-ring (bicyclic) bond motifs is 1. The first-order valence-electron chi connectivity index (χ1n) is 7.34. The summed E-state index contributed by atoms with van der Waals surface area (Å²) in [5.74, 6) is -0.107. The molecule has 22 heavy (non-hydrogen) atoms. The van der Waals surface area contributed by atoms with E-state index in [1.807, 2.05) is 19.1 Å². The van der Waals surface area contributed by atoms with Crippen LogP contribution in [0.4, 0.5) is 20.6 Å². The van der Waals surface area contributed by atoms with Gasteiger partial charge in [-0.3, -0.25) is 9.88 Å². The van der Waals surface area contributed by atoms with Gasteiger partial charge in [0.15, 0.2) is 0 Å². The molecule has 1 saturated carbocycles. The second-order valence-electron chi connectivity index (χ2n) is 6.02. The third-order valence-electron chi connectivity index (χ3n) is 4.33. The first kappa shape index (κ1) is 13.3. The molecule has 1 aromatic heterocycles. The van der Waals surface area contributed by atoms with Crippen LogP contribution in [0.5, 0.6) is 0 Å². The van der Waals surface area contributed by atoms with Crippen molar-refractivity contribution in [2.45, 2.75) is 31.5 Å². The number of nitrogens with two attached hydrogens (primary N) is 1. The summed E-state index contributed by atoms with van der Waals surface area (Å²) >= 11 is 0. The maximum atomic E-state index is 13.2. The van der Waals surface area contributed by atoms with E-state index in [9.17, 15) is 9.18 Å². The number of nitrogens with zero attached hydrogens (tertiary/aromatic N) is 2. The van der Waals surface area contributed by atoms with E-state index in [0.29, 0.717) is 24.4 Å². The second-order valence-corrected chi connectivity index (χ2v) is 6.02. The van der Waals surface area contributed by atoms with Crippen molar-refractivity contribution in [3.05, 3.63) is 30.1 Å². The van der Waals surface area contributed by atoms with E-state index >= 15 is 0 Å². The number of alkyl halides is 1. The van der Waals surface area contributed by atoms with E-state index in [1.54, 1.807) is 17.2 Å². The topological polar surface area (TPSA) is 68.5 Å². The summed E-state index contributed by atoms with van der Waals surface area (Å²) in [6.07, 6.45) is 1.05. The average Bonchev–Trinajstić information content (AvgIpc) is 3.12. The first-order valence-corrected chi connectivity index (χ1v) is 7.34. The number of nitrogen functional groups attached to an aromatic ring is 1. The van der Waals surface area contributed by atoms with Crippen molar-refractivity contribution in [1.82, 2.24) is 4.98 Å². The minimum Gasteiger partial charge on any atom is -0.447 e. The number of aromatic nitrogens is 1. The number of hydrogen-bond donors (Lipinski definition) is 1. The molecule has 5 nitrogen and oxygen atoms in total. The Morgan fingerprint density at radius 3 is 2.82 bits per heavy atom. The highest BCUT2D eigenvalue weighted by Crippen LogP contribution is 2.43. The monoisotopic (exact) mass is 301 g/mol. The number of anilines is 2. The summed E-state index contributed by atoms with van der Waals surface area (Å²) in [6.45, 7) is 2.28. The van der Waals surface area contributed by atoms with Crippen LogP contribution in [0, 0.1) is 0 Å². The van der Waals surface area contributed by atoms with Gasteiger partial charge in [-0.2, -0.15) is 0 Å². The first-order chi connectivity index (χ1) is 10.5. The van der Waals surface area contributed by atoms with E-state index in [2.05, 4.69) is 4.98 Å². The van der Waals surface area contributed by atoms with Crippen molar-refractivity contribution in [3.8, 4) is 0 Å². The van der Waals surface area contributed by atoms with Crippen molar-refractivity contribution in [3.63, 3.8) is 0 Å². The Balaban J connectivity index is 1.81. The van der Waals surface area contributed by atoms with Crippen LogP contribution in [0.1, 0.15) is 25.0 Å². The number of hydrogen-bond acceptors (Lipinski definition) is 4. The number of cyclic esters (lactones) is 1. The van der Waals surface area contributed by atoms with E-state index in [0.717, 1.165) is 16.5 Å². The molecule has 114 valence electrons. The number of amides is 1. The molecule has 2 aliphatic rings. The van der Waals surface area contributed by atoms with E-state index in [-0.39, 0.29) is 18.1 Å². The van der Waals surface area contributed by atoms with Crippen LogP contribution in [0.25, 0.3) is 10.8 Å². The minimum atomic E-state index is -0.793. The molecule has 3 atom stereocenters. The normalized spacial score (nSPS) is 27.3. The van der Waals surface area contributed by atoms with Crippen LogP contribution in [-0.2, 0) is 4.74 Å². The highest BCUT2D eigenvalue weighted by Gasteiger charge is 2.40. The summed E-state index contributed by atoms with van der Waals surface area (Å²) in [5.41, 5.74) is 8.08. The molecule has 0 radical (unpaired) electrons. The van der Waals surface area contributed by atoms with Crippen LogP contribution in [0.3, 0.4) is 0 Å². The fourth-order valence-electron chi connectivity index (χ4n) is 2.97. The van der Waals surface area contributed by atoms with Gasteiger partial charge in [-0.25, -0.2) is 9.18 Å². The lowest BCUT2D eigenvalue weighted by Crippen LogP contribution is -2.30. The zero-order valence-corrected chi connectivity index (χ0v) is 12.1. The summed E-state index contributed by atoms with van der Waals surface area (Å²) in [5, 5.41) is 1.68. The van der Waals surface area contributed by atoms with Gasteiger partial charge in [-0.05, 0) is 36.9 Å². The molecule has 4 rings (SSSR count). The predicted molar refractivity (Wildman–Crippen MR) is 81.7 cm³/mol.